The lowest BCUT2D eigenvalue weighted by Crippen LogP contribution is -2.32. The quantitative estimate of drug-likeness (QED) is 0.212. The van der Waals surface area contributed by atoms with Gasteiger partial charge in [-0.2, -0.15) is 0 Å². The monoisotopic (exact) mass is 563 g/mol. The van der Waals surface area contributed by atoms with Crippen LogP contribution >= 0.6 is 22.7 Å². The van der Waals surface area contributed by atoms with Gasteiger partial charge in [0, 0.05) is 54.4 Å². The minimum Gasteiger partial charge on any atom is -0.351 e. The number of likely N-dealkylation sites (N-methyl/N-ethyl adjacent to an activating group) is 1. The molecule has 0 atom stereocenters. The molecule has 0 aliphatic heterocycles. The Hall–Kier alpha value is -3.05. The van der Waals surface area contributed by atoms with Crippen molar-refractivity contribution < 1.29 is 8.42 Å². The van der Waals surface area contributed by atoms with E-state index in [0.717, 1.165) is 59.7 Å². The van der Waals surface area contributed by atoms with Crippen LogP contribution in [0.15, 0.2) is 76.6 Å². The van der Waals surface area contributed by atoms with Gasteiger partial charge >= 0.3 is 0 Å². The third-order valence-corrected chi connectivity index (χ3v) is 10.9. The van der Waals surface area contributed by atoms with E-state index in [1.54, 1.807) is 27.8 Å². The van der Waals surface area contributed by atoms with Crippen molar-refractivity contribution >= 4 is 49.3 Å². The van der Waals surface area contributed by atoms with Crippen LogP contribution < -0.4 is 4.31 Å². The van der Waals surface area contributed by atoms with Crippen LogP contribution in [0, 0.1) is 5.92 Å². The lowest BCUT2D eigenvalue weighted by Gasteiger charge is -2.24. The Morgan fingerprint density at radius 1 is 1.08 bits per heavy atom. The van der Waals surface area contributed by atoms with E-state index < -0.39 is 10.0 Å². The Balaban J connectivity index is 1.24. The zero-order valence-corrected chi connectivity index (χ0v) is 23.5. The molecule has 4 aromatic heterocycles. The Labute approximate surface area is 230 Å². The van der Waals surface area contributed by atoms with Crippen LogP contribution in [0.3, 0.4) is 0 Å². The SMILES string of the molecule is CN(CCc1ccccn1)Cc1cnc(-c2cc3cccc(N(CC4CC4)S(=O)(=O)c4cccs4)c3[nH]2)s1. The summed E-state index contributed by atoms with van der Waals surface area (Å²) in [4.78, 5) is 16.1. The fraction of sp³-hybridized carbons (Fsp3) is 0.286. The number of thiazole rings is 1. The summed E-state index contributed by atoms with van der Waals surface area (Å²) in [5.74, 6) is 0.408. The van der Waals surface area contributed by atoms with Crippen LogP contribution in [0.2, 0.25) is 0 Å². The molecule has 0 unspecified atom stereocenters. The van der Waals surface area contributed by atoms with Crippen molar-refractivity contribution in [1.82, 2.24) is 19.9 Å². The molecular formula is C28H29N5O2S3. The number of aromatic amines is 1. The van der Waals surface area contributed by atoms with Crippen LogP contribution in [-0.2, 0) is 23.0 Å². The van der Waals surface area contributed by atoms with E-state index in [0.29, 0.717) is 22.4 Å². The molecule has 0 bridgehead atoms. The first-order valence-electron chi connectivity index (χ1n) is 12.7. The lowest BCUT2D eigenvalue weighted by molar-refractivity contribution is 0.332. The van der Waals surface area contributed by atoms with Crippen LogP contribution in [0.1, 0.15) is 23.4 Å². The number of thiophene rings is 1. The van der Waals surface area contributed by atoms with Gasteiger partial charge in [0.15, 0.2) is 0 Å². The molecule has 1 aliphatic rings. The molecule has 1 N–H and O–H groups in total. The molecule has 0 spiro atoms. The fourth-order valence-corrected chi connectivity index (χ4v) is 8.17. The second-order valence-electron chi connectivity index (χ2n) is 9.78. The molecule has 7 nitrogen and oxygen atoms in total. The van der Waals surface area contributed by atoms with Gasteiger partial charge in [0.1, 0.15) is 9.22 Å². The molecule has 5 aromatic rings. The van der Waals surface area contributed by atoms with E-state index in [9.17, 15) is 8.42 Å². The number of aromatic nitrogens is 3. The molecule has 196 valence electrons. The Morgan fingerprint density at radius 3 is 2.74 bits per heavy atom. The molecule has 1 aromatic carbocycles. The van der Waals surface area contributed by atoms with Gasteiger partial charge in [0.25, 0.3) is 10.0 Å². The first-order chi connectivity index (χ1) is 18.5. The first kappa shape index (κ1) is 25.2. The summed E-state index contributed by atoms with van der Waals surface area (Å²) in [5, 5.41) is 3.69. The topological polar surface area (TPSA) is 82.2 Å². The number of hydrogen-bond donors (Lipinski definition) is 1. The number of rotatable bonds is 11. The largest absolute Gasteiger partial charge is 0.351 e. The van der Waals surface area contributed by atoms with Crippen molar-refractivity contribution in [3.05, 3.63) is 82.9 Å². The van der Waals surface area contributed by atoms with Gasteiger partial charge < -0.3 is 9.88 Å². The molecule has 1 aliphatic carbocycles. The molecule has 6 rings (SSSR count). The van der Waals surface area contributed by atoms with Crippen molar-refractivity contribution in [2.45, 2.75) is 30.0 Å². The van der Waals surface area contributed by atoms with Gasteiger partial charge in [-0.1, -0.05) is 24.3 Å². The summed E-state index contributed by atoms with van der Waals surface area (Å²) < 4.78 is 29.2. The average molecular weight is 564 g/mol. The molecule has 10 heteroatoms. The summed E-state index contributed by atoms with van der Waals surface area (Å²) in [7, 11) is -1.53. The highest BCUT2D eigenvalue weighted by Gasteiger charge is 2.33. The number of para-hydroxylation sites is 1. The maximum atomic E-state index is 13.6. The van der Waals surface area contributed by atoms with Gasteiger partial charge in [0.05, 0.1) is 16.9 Å². The van der Waals surface area contributed by atoms with Crippen LogP contribution in [0.5, 0.6) is 0 Å². The van der Waals surface area contributed by atoms with Crippen LogP contribution in [0.4, 0.5) is 5.69 Å². The van der Waals surface area contributed by atoms with Gasteiger partial charge in [-0.3, -0.25) is 9.29 Å². The van der Waals surface area contributed by atoms with Crippen molar-refractivity contribution in [2.24, 2.45) is 5.92 Å². The van der Waals surface area contributed by atoms with Crippen LogP contribution in [0.25, 0.3) is 21.6 Å². The molecule has 1 saturated carbocycles. The molecule has 0 saturated heterocycles. The zero-order valence-electron chi connectivity index (χ0n) is 21.1. The smallest absolute Gasteiger partial charge is 0.273 e. The maximum absolute atomic E-state index is 13.6. The Morgan fingerprint density at radius 2 is 1.97 bits per heavy atom. The molecular weight excluding hydrogens is 535 g/mol. The van der Waals surface area contributed by atoms with Crippen molar-refractivity contribution in [3.8, 4) is 10.7 Å². The van der Waals surface area contributed by atoms with E-state index in [2.05, 4.69) is 34.0 Å². The summed E-state index contributed by atoms with van der Waals surface area (Å²) in [5.41, 5.74) is 3.52. The number of H-pyrrole nitrogens is 1. The first-order valence-corrected chi connectivity index (χ1v) is 15.8. The number of pyridine rings is 1. The number of anilines is 1. The Kier molecular flexibility index (Phi) is 7.05. The highest BCUT2D eigenvalue weighted by atomic mass is 32.2. The molecule has 0 radical (unpaired) electrons. The predicted molar refractivity (Wildman–Crippen MR) is 155 cm³/mol. The summed E-state index contributed by atoms with van der Waals surface area (Å²) in [6, 6.07) is 17.4. The molecule has 38 heavy (non-hydrogen) atoms. The number of nitrogens with zero attached hydrogens (tertiary/aromatic N) is 4. The second kappa shape index (κ2) is 10.6. The van der Waals surface area contributed by atoms with E-state index in [1.165, 1.54) is 16.2 Å². The van der Waals surface area contributed by atoms with E-state index in [4.69, 9.17) is 4.98 Å². The van der Waals surface area contributed by atoms with Crippen LogP contribution in [-0.4, -0.2) is 48.4 Å². The summed E-state index contributed by atoms with van der Waals surface area (Å²) in [6.45, 7) is 2.22. The lowest BCUT2D eigenvalue weighted by atomic mass is 10.2. The predicted octanol–water partition coefficient (Wildman–Crippen LogP) is 6.03. The van der Waals surface area contributed by atoms with Crippen molar-refractivity contribution in [1.29, 1.82) is 0 Å². The minimum atomic E-state index is -3.64. The maximum Gasteiger partial charge on any atom is 0.273 e. The number of fused-ring (bicyclic) bond motifs is 1. The zero-order chi connectivity index (χ0) is 26.1. The van der Waals surface area contributed by atoms with E-state index >= 15 is 0 Å². The molecule has 1 fully saturated rings. The number of hydrogen-bond acceptors (Lipinski definition) is 7. The fourth-order valence-electron chi connectivity index (χ4n) is 4.54. The Bertz CT molecular complexity index is 1620. The number of benzene rings is 1. The third kappa shape index (κ3) is 5.40. The normalized spacial score (nSPS) is 13.9. The highest BCUT2D eigenvalue weighted by Crippen LogP contribution is 2.39. The minimum absolute atomic E-state index is 0.374. The van der Waals surface area contributed by atoms with Gasteiger partial charge in [-0.15, -0.1) is 22.7 Å². The standard InChI is InChI=1S/C28H29N5O2S3/c1-32(14-12-22-7-2-3-13-29-22)19-23-17-30-28(37-23)24-16-21-6-4-8-25(27(21)31-24)33(18-20-10-11-20)38(34,35)26-9-5-15-36-26/h2-9,13,15-17,20,31H,10-12,14,18-19H2,1H3. The van der Waals surface area contributed by atoms with Gasteiger partial charge in [-0.05, 0) is 61.5 Å². The molecule has 4 heterocycles. The number of sulfonamides is 1. The van der Waals surface area contributed by atoms with Gasteiger partial charge in [0.2, 0.25) is 0 Å². The van der Waals surface area contributed by atoms with Gasteiger partial charge in [-0.25, -0.2) is 13.4 Å². The number of nitrogens with one attached hydrogen (secondary N) is 1. The van der Waals surface area contributed by atoms with Crippen molar-refractivity contribution in [3.63, 3.8) is 0 Å². The summed E-state index contributed by atoms with van der Waals surface area (Å²) in [6.07, 6.45) is 6.81. The second-order valence-corrected chi connectivity index (χ2v) is 13.9. The average Bonchev–Trinajstić information content (AvgIpc) is 3.32. The molecule has 0 amide bonds. The summed E-state index contributed by atoms with van der Waals surface area (Å²) >= 11 is 2.92. The highest BCUT2D eigenvalue weighted by molar-refractivity contribution is 7.94. The van der Waals surface area contributed by atoms with E-state index in [1.807, 2.05) is 48.1 Å². The van der Waals surface area contributed by atoms with Crippen molar-refractivity contribution in [2.75, 3.05) is 24.4 Å². The van der Waals surface area contributed by atoms with E-state index in [-0.39, 0.29) is 0 Å². The third-order valence-electron chi connectivity index (χ3n) is 6.75.